The van der Waals surface area contributed by atoms with Crippen LogP contribution in [0.4, 0.5) is 0 Å². The predicted octanol–water partition coefficient (Wildman–Crippen LogP) is 5.35. The minimum atomic E-state index is -1.80. The van der Waals surface area contributed by atoms with E-state index in [-0.39, 0.29) is 18.0 Å². The van der Waals surface area contributed by atoms with Gasteiger partial charge in [0.25, 0.3) is 5.56 Å². The number of aromatic nitrogens is 3. The van der Waals surface area contributed by atoms with Crippen LogP contribution in [0.25, 0.3) is 21.0 Å². The van der Waals surface area contributed by atoms with Gasteiger partial charge in [0.05, 0.1) is 36.2 Å². The van der Waals surface area contributed by atoms with Crippen molar-refractivity contribution in [2.24, 2.45) is 11.8 Å². The van der Waals surface area contributed by atoms with Crippen LogP contribution in [0.2, 0.25) is 0 Å². The Bertz CT molecular complexity index is 1740. The number of carbonyl (C=O) groups is 1. The van der Waals surface area contributed by atoms with Gasteiger partial charge in [0, 0.05) is 5.56 Å². The van der Waals surface area contributed by atoms with Crippen molar-refractivity contribution in [1.29, 1.82) is 0 Å². The maximum atomic E-state index is 14.2. The molecule has 2 aliphatic rings. The van der Waals surface area contributed by atoms with Gasteiger partial charge < -0.3 is 19.0 Å². The molecule has 0 aliphatic heterocycles. The number of aliphatic carboxylic acids is 1. The summed E-state index contributed by atoms with van der Waals surface area (Å²) in [7, 11) is 1.60. The lowest BCUT2D eigenvalue weighted by atomic mass is 10.0. The highest BCUT2D eigenvalue weighted by atomic mass is 32.1. The molecule has 10 nitrogen and oxygen atoms in total. The zero-order valence-corrected chi connectivity index (χ0v) is 25.0. The normalized spacial score (nSPS) is 19.8. The number of ether oxygens (including phenoxy) is 2. The van der Waals surface area contributed by atoms with Crippen LogP contribution in [0.15, 0.2) is 50.7 Å². The maximum absolute atomic E-state index is 14.2. The van der Waals surface area contributed by atoms with E-state index in [0.29, 0.717) is 38.7 Å². The fourth-order valence-electron chi connectivity index (χ4n) is 6.80. The number of oxazole rings is 1. The van der Waals surface area contributed by atoms with Crippen LogP contribution in [0, 0.1) is 18.8 Å². The highest BCUT2D eigenvalue weighted by molar-refractivity contribution is 7.22. The van der Waals surface area contributed by atoms with E-state index in [1.54, 1.807) is 14.0 Å². The third-order valence-corrected chi connectivity index (χ3v) is 10.4. The average Bonchev–Trinajstić information content (AvgIpc) is 3.75. The standard InChI is InChI=1S/C31H35N3O7S/c1-17-24-27(35)34(31(2,3)29(36)37)30(38)33(28(24)42-25(17)26-32-12-13-40-26)16-23(21-10-5-6-11-22(21)39-4)41-20-14-18-8-7-9-19(18)15-20/h5-6,10-13,18-20,23H,7-9,14-16H2,1-4H3,(H,36,37)/t18-,19-,23-/m1/s1. The Kier molecular flexibility index (Phi) is 7.34. The van der Waals surface area contributed by atoms with Gasteiger partial charge in [-0.3, -0.25) is 9.36 Å². The molecular formula is C31H35N3O7S. The molecule has 42 heavy (non-hydrogen) atoms. The number of rotatable bonds is 9. The molecule has 0 spiro atoms. The van der Waals surface area contributed by atoms with Crippen LogP contribution in [0.3, 0.4) is 0 Å². The molecule has 0 saturated heterocycles. The third kappa shape index (κ3) is 4.68. The Labute approximate surface area is 246 Å². The van der Waals surface area contributed by atoms with E-state index in [4.69, 9.17) is 13.9 Å². The second kappa shape index (κ2) is 10.9. The van der Waals surface area contributed by atoms with E-state index < -0.39 is 28.9 Å². The molecule has 2 saturated carbocycles. The predicted molar refractivity (Wildman–Crippen MR) is 158 cm³/mol. The quantitative estimate of drug-likeness (QED) is 0.275. The Morgan fingerprint density at radius 3 is 2.57 bits per heavy atom. The van der Waals surface area contributed by atoms with Gasteiger partial charge in [0.2, 0.25) is 5.89 Å². The summed E-state index contributed by atoms with van der Waals surface area (Å²) < 4.78 is 20.4. The van der Waals surface area contributed by atoms with Crippen molar-refractivity contribution in [3.05, 3.63) is 68.7 Å². The molecule has 0 bridgehead atoms. The van der Waals surface area contributed by atoms with Crippen molar-refractivity contribution in [3.8, 4) is 16.5 Å². The van der Waals surface area contributed by atoms with Gasteiger partial charge in [0.1, 0.15) is 28.5 Å². The third-order valence-electron chi connectivity index (χ3n) is 9.06. The molecular weight excluding hydrogens is 558 g/mol. The number of hydrogen-bond donors (Lipinski definition) is 1. The zero-order valence-electron chi connectivity index (χ0n) is 24.2. The number of carboxylic acid groups (broad SMARTS) is 1. The van der Waals surface area contributed by atoms with Gasteiger partial charge in [0.15, 0.2) is 0 Å². The van der Waals surface area contributed by atoms with Gasteiger partial charge in [-0.15, -0.1) is 11.3 Å². The van der Waals surface area contributed by atoms with E-state index in [9.17, 15) is 19.5 Å². The molecule has 3 heterocycles. The number of nitrogens with zero attached hydrogens (tertiary/aromatic N) is 3. The minimum Gasteiger partial charge on any atom is -0.496 e. The lowest BCUT2D eigenvalue weighted by Crippen LogP contribution is -2.52. The van der Waals surface area contributed by atoms with Crippen LogP contribution < -0.4 is 16.0 Å². The summed E-state index contributed by atoms with van der Waals surface area (Å²) in [6.45, 7) is 4.54. The molecule has 4 aromatic rings. The number of benzene rings is 1. The number of hydrogen-bond acceptors (Lipinski definition) is 8. The van der Waals surface area contributed by atoms with Gasteiger partial charge in [-0.25, -0.2) is 19.1 Å². The summed E-state index contributed by atoms with van der Waals surface area (Å²) in [5, 5.41) is 10.3. The fraction of sp³-hybridized carbons (Fsp3) is 0.484. The zero-order chi connectivity index (χ0) is 29.8. The van der Waals surface area contributed by atoms with E-state index >= 15 is 0 Å². The summed E-state index contributed by atoms with van der Waals surface area (Å²) in [5.41, 5.74) is -1.82. The smallest absolute Gasteiger partial charge is 0.333 e. The van der Waals surface area contributed by atoms with Crippen LogP contribution in [-0.2, 0) is 21.6 Å². The Balaban J connectivity index is 1.54. The highest BCUT2D eigenvalue weighted by Gasteiger charge is 2.40. The first-order valence-electron chi connectivity index (χ1n) is 14.3. The molecule has 1 N–H and O–H groups in total. The monoisotopic (exact) mass is 593 g/mol. The number of fused-ring (bicyclic) bond motifs is 2. The molecule has 3 aromatic heterocycles. The van der Waals surface area contributed by atoms with Crippen LogP contribution in [0.1, 0.15) is 63.2 Å². The summed E-state index contributed by atoms with van der Waals surface area (Å²) in [6, 6.07) is 7.57. The fourth-order valence-corrected chi connectivity index (χ4v) is 8.04. The topological polar surface area (TPSA) is 126 Å². The number of methoxy groups -OCH3 is 1. The van der Waals surface area contributed by atoms with E-state index in [0.717, 1.165) is 23.0 Å². The van der Waals surface area contributed by atoms with Crippen LogP contribution >= 0.6 is 11.3 Å². The van der Waals surface area contributed by atoms with Gasteiger partial charge >= 0.3 is 11.7 Å². The Morgan fingerprint density at radius 1 is 1.21 bits per heavy atom. The first-order chi connectivity index (χ1) is 20.1. The summed E-state index contributed by atoms with van der Waals surface area (Å²) >= 11 is 1.23. The van der Waals surface area contributed by atoms with Crippen molar-refractivity contribution >= 4 is 27.5 Å². The summed E-state index contributed by atoms with van der Waals surface area (Å²) in [6.07, 6.45) is 8.04. The minimum absolute atomic E-state index is 0.0238. The first kappa shape index (κ1) is 28.4. The molecule has 0 amide bonds. The number of thiophene rings is 1. The SMILES string of the molecule is COc1ccccc1[C@@H](Cn1c(=O)n(C(C)(C)C(=O)O)c(=O)c2c(C)c(-c3ncco3)sc21)OC1C[C@H]2CCC[C@@H]2C1. The Hall–Kier alpha value is -3.70. The number of aryl methyl sites for hydroxylation is 1. The summed E-state index contributed by atoms with van der Waals surface area (Å²) in [4.78, 5) is 45.7. The van der Waals surface area contributed by atoms with Crippen LogP contribution in [-0.4, -0.2) is 38.4 Å². The number of carboxylic acids is 1. The molecule has 6 rings (SSSR count). The lowest BCUT2D eigenvalue weighted by molar-refractivity contribution is -0.146. The molecule has 3 atom stereocenters. The Morgan fingerprint density at radius 2 is 1.93 bits per heavy atom. The summed E-state index contributed by atoms with van der Waals surface area (Å²) in [5.74, 6) is 0.982. The van der Waals surface area contributed by atoms with Gasteiger partial charge in [-0.2, -0.15) is 0 Å². The molecule has 1 aromatic carbocycles. The van der Waals surface area contributed by atoms with E-state index in [1.165, 1.54) is 61.5 Å². The van der Waals surface area contributed by atoms with Crippen molar-refractivity contribution in [2.75, 3.05) is 7.11 Å². The molecule has 0 radical (unpaired) electrons. The average molecular weight is 594 g/mol. The van der Waals surface area contributed by atoms with Crippen molar-refractivity contribution in [3.63, 3.8) is 0 Å². The van der Waals surface area contributed by atoms with E-state index in [2.05, 4.69) is 4.98 Å². The second-order valence-corrected chi connectivity index (χ2v) is 12.9. The molecule has 0 unspecified atom stereocenters. The molecule has 11 heteroatoms. The van der Waals surface area contributed by atoms with Crippen molar-refractivity contribution in [1.82, 2.24) is 14.1 Å². The van der Waals surface area contributed by atoms with Crippen LogP contribution in [0.5, 0.6) is 5.75 Å². The second-order valence-electron chi connectivity index (χ2n) is 11.9. The molecule has 2 aliphatic carbocycles. The van der Waals surface area contributed by atoms with Crippen molar-refractivity contribution < 1.29 is 23.8 Å². The number of para-hydroxylation sites is 1. The first-order valence-corrected chi connectivity index (χ1v) is 15.1. The van der Waals surface area contributed by atoms with Crippen molar-refractivity contribution in [2.45, 2.75) is 77.2 Å². The largest absolute Gasteiger partial charge is 0.496 e. The van der Waals surface area contributed by atoms with Gasteiger partial charge in [-0.05, 0) is 57.1 Å². The highest BCUT2D eigenvalue weighted by Crippen LogP contribution is 2.46. The maximum Gasteiger partial charge on any atom is 0.333 e. The lowest BCUT2D eigenvalue weighted by Gasteiger charge is -2.27. The van der Waals surface area contributed by atoms with Gasteiger partial charge in [-0.1, -0.05) is 37.5 Å². The van der Waals surface area contributed by atoms with E-state index in [1.807, 2.05) is 24.3 Å². The molecule has 222 valence electrons. The molecule has 2 fully saturated rings.